The SMILES string of the molecule is CCCN1CCC(CNC(=NC)NC(C)C(C)C)C1.I. The van der Waals surface area contributed by atoms with Crippen LogP contribution < -0.4 is 10.6 Å². The second-order valence-electron chi connectivity index (χ2n) is 6.09. The molecule has 0 saturated carbocycles. The molecule has 20 heavy (non-hydrogen) atoms. The van der Waals surface area contributed by atoms with Gasteiger partial charge in [-0.3, -0.25) is 4.99 Å². The van der Waals surface area contributed by atoms with Crippen LogP contribution in [0.1, 0.15) is 40.5 Å². The number of rotatable bonds is 6. The van der Waals surface area contributed by atoms with E-state index >= 15 is 0 Å². The van der Waals surface area contributed by atoms with Crippen molar-refractivity contribution < 1.29 is 0 Å². The maximum atomic E-state index is 4.31. The molecular weight excluding hydrogens is 363 g/mol. The maximum absolute atomic E-state index is 4.31. The first kappa shape index (κ1) is 20.0. The summed E-state index contributed by atoms with van der Waals surface area (Å²) in [6, 6.07) is 0.450. The number of likely N-dealkylation sites (tertiary alicyclic amines) is 1. The zero-order chi connectivity index (χ0) is 14.3. The first-order valence-corrected chi connectivity index (χ1v) is 7.76. The van der Waals surface area contributed by atoms with Crippen LogP contribution >= 0.6 is 24.0 Å². The number of guanidine groups is 1. The van der Waals surface area contributed by atoms with Crippen LogP contribution in [0.4, 0.5) is 0 Å². The lowest BCUT2D eigenvalue weighted by molar-refractivity contribution is 0.324. The molecule has 0 aromatic carbocycles. The highest BCUT2D eigenvalue weighted by Gasteiger charge is 2.21. The predicted molar refractivity (Wildman–Crippen MR) is 99.1 cm³/mol. The van der Waals surface area contributed by atoms with Crippen molar-refractivity contribution in [3.05, 3.63) is 0 Å². The third-order valence-electron chi connectivity index (χ3n) is 4.06. The van der Waals surface area contributed by atoms with E-state index in [9.17, 15) is 0 Å². The highest BCUT2D eigenvalue weighted by atomic mass is 127. The lowest BCUT2D eigenvalue weighted by atomic mass is 10.1. The molecule has 0 bridgehead atoms. The van der Waals surface area contributed by atoms with Crippen LogP contribution in [-0.2, 0) is 0 Å². The van der Waals surface area contributed by atoms with Crippen molar-refractivity contribution in [3.63, 3.8) is 0 Å². The molecule has 0 aromatic rings. The normalized spacial score (nSPS) is 21.7. The second kappa shape index (κ2) is 10.7. The Labute approximate surface area is 142 Å². The first-order valence-electron chi connectivity index (χ1n) is 7.76. The predicted octanol–water partition coefficient (Wildman–Crippen LogP) is 2.55. The van der Waals surface area contributed by atoms with Crippen molar-refractivity contribution in [3.8, 4) is 0 Å². The van der Waals surface area contributed by atoms with Gasteiger partial charge in [-0.2, -0.15) is 0 Å². The minimum atomic E-state index is 0. The van der Waals surface area contributed by atoms with E-state index in [1.807, 2.05) is 7.05 Å². The second-order valence-corrected chi connectivity index (χ2v) is 6.09. The molecule has 1 aliphatic heterocycles. The fourth-order valence-electron chi connectivity index (χ4n) is 2.42. The van der Waals surface area contributed by atoms with Crippen LogP contribution in [0.15, 0.2) is 4.99 Å². The summed E-state index contributed by atoms with van der Waals surface area (Å²) in [5, 5.41) is 6.92. The van der Waals surface area contributed by atoms with Crippen molar-refractivity contribution in [1.29, 1.82) is 0 Å². The van der Waals surface area contributed by atoms with Gasteiger partial charge >= 0.3 is 0 Å². The zero-order valence-electron chi connectivity index (χ0n) is 13.8. The van der Waals surface area contributed by atoms with Gasteiger partial charge in [0.25, 0.3) is 0 Å². The molecule has 5 heteroatoms. The lowest BCUT2D eigenvalue weighted by Gasteiger charge is -2.22. The number of nitrogens with one attached hydrogen (secondary N) is 2. The van der Waals surface area contributed by atoms with Gasteiger partial charge in [0.1, 0.15) is 0 Å². The maximum Gasteiger partial charge on any atom is 0.191 e. The van der Waals surface area contributed by atoms with Crippen LogP contribution in [0.5, 0.6) is 0 Å². The molecule has 4 nitrogen and oxygen atoms in total. The Kier molecular flexibility index (Phi) is 10.6. The molecular formula is C15H33IN4. The molecule has 1 heterocycles. The molecule has 1 rings (SSSR count). The summed E-state index contributed by atoms with van der Waals surface area (Å²) in [7, 11) is 1.85. The van der Waals surface area contributed by atoms with E-state index in [4.69, 9.17) is 0 Å². The third kappa shape index (κ3) is 7.11. The number of hydrogen-bond donors (Lipinski definition) is 2. The Balaban J connectivity index is 0.00000361. The fourth-order valence-corrected chi connectivity index (χ4v) is 2.42. The van der Waals surface area contributed by atoms with Gasteiger partial charge in [0.05, 0.1) is 0 Å². The average molecular weight is 396 g/mol. The van der Waals surface area contributed by atoms with Crippen molar-refractivity contribution in [2.45, 2.75) is 46.6 Å². The van der Waals surface area contributed by atoms with E-state index in [2.05, 4.69) is 48.2 Å². The van der Waals surface area contributed by atoms with E-state index in [1.165, 1.54) is 32.5 Å². The van der Waals surface area contributed by atoms with Gasteiger partial charge in [-0.05, 0) is 44.7 Å². The van der Waals surface area contributed by atoms with Gasteiger partial charge in [-0.25, -0.2) is 0 Å². The molecule has 2 N–H and O–H groups in total. The number of halogens is 1. The average Bonchev–Trinajstić information content (AvgIpc) is 2.82. The molecule has 1 fully saturated rings. The van der Waals surface area contributed by atoms with Gasteiger partial charge in [0.15, 0.2) is 5.96 Å². The van der Waals surface area contributed by atoms with Gasteiger partial charge in [0, 0.05) is 26.2 Å². The van der Waals surface area contributed by atoms with Crippen LogP contribution in [0.3, 0.4) is 0 Å². The van der Waals surface area contributed by atoms with Crippen molar-refractivity contribution in [2.24, 2.45) is 16.8 Å². The van der Waals surface area contributed by atoms with Gasteiger partial charge < -0.3 is 15.5 Å². The molecule has 0 aliphatic carbocycles. The van der Waals surface area contributed by atoms with E-state index < -0.39 is 0 Å². The van der Waals surface area contributed by atoms with Gasteiger partial charge in [-0.1, -0.05) is 20.8 Å². The van der Waals surface area contributed by atoms with Crippen LogP contribution in [0.2, 0.25) is 0 Å². The minimum absolute atomic E-state index is 0. The molecule has 0 radical (unpaired) electrons. The zero-order valence-corrected chi connectivity index (χ0v) is 16.1. The summed E-state index contributed by atoms with van der Waals surface area (Å²) in [6.07, 6.45) is 2.57. The first-order chi connectivity index (χ1) is 9.06. The van der Waals surface area contributed by atoms with E-state index in [0.717, 1.165) is 18.4 Å². The highest BCUT2D eigenvalue weighted by molar-refractivity contribution is 14.0. The topological polar surface area (TPSA) is 39.7 Å². The Morgan fingerprint density at radius 2 is 2.05 bits per heavy atom. The molecule has 2 unspecified atom stereocenters. The molecule has 0 amide bonds. The number of hydrogen-bond acceptors (Lipinski definition) is 2. The smallest absolute Gasteiger partial charge is 0.191 e. The van der Waals surface area contributed by atoms with E-state index in [-0.39, 0.29) is 24.0 Å². The Morgan fingerprint density at radius 1 is 1.35 bits per heavy atom. The summed E-state index contributed by atoms with van der Waals surface area (Å²) in [6.45, 7) is 13.7. The summed E-state index contributed by atoms with van der Waals surface area (Å²) in [5.41, 5.74) is 0. The summed E-state index contributed by atoms with van der Waals surface area (Å²) < 4.78 is 0. The molecule has 2 atom stereocenters. The van der Waals surface area contributed by atoms with Crippen LogP contribution in [-0.4, -0.2) is 50.1 Å². The third-order valence-corrected chi connectivity index (χ3v) is 4.06. The quantitative estimate of drug-likeness (QED) is 0.412. The van der Waals surface area contributed by atoms with E-state index in [0.29, 0.717) is 12.0 Å². The Bertz CT molecular complexity index is 281. The lowest BCUT2D eigenvalue weighted by Crippen LogP contribution is -2.45. The highest BCUT2D eigenvalue weighted by Crippen LogP contribution is 2.15. The minimum Gasteiger partial charge on any atom is -0.356 e. The van der Waals surface area contributed by atoms with Crippen LogP contribution in [0.25, 0.3) is 0 Å². The van der Waals surface area contributed by atoms with Crippen molar-refractivity contribution in [1.82, 2.24) is 15.5 Å². The fraction of sp³-hybridized carbons (Fsp3) is 0.933. The molecule has 0 aromatic heterocycles. The summed E-state index contributed by atoms with van der Waals surface area (Å²) in [5.74, 6) is 2.32. The van der Waals surface area contributed by atoms with Gasteiger partial charge in [0.2, 0.25) is 0 Å². The molecule has 0 spiro atoms. The van der Waals surface area contributed by atoms with Crippen LogP contribution in [0, 0.1) is 11.8 Å². The Morgan fingerprint density at radius 3 is 2.60 bits per heavy atom. The largest absolute Gasteiger partial charge is 0.356 e. The monoisotopic (exact) mass is 396 g/mol. The molecule has 1 aliphatic rings. The standard InChI is InChI=1S/C15H32N4.HI/c1-6-8-19-9-7-14(11-19)10-17-15(16-5)18-13(4)12(2)3;/h12-14H,6-11H2,1-5H3,(H2,16,17,18);1H. The van der Waals surface area contributed by atoms with Gasteiger partial charge in [-0.15, -0.1) is 24.0 Å². The number of aliphatic imine (C=N–C) groups is 1. The molecule has 120 valence electrons. The summed E-state index contributed by atoms with van der Waals surface area (Å²) >= 11 is 0. The van der Waals surface area contributed by atoms with Crippen molar-refractivity contribution >= 4 is 29.9 Å². The molecule has 1 saturated heterocycles. The Hall–Kier alpha value is -0.0400. The summed E-state index contributed by atoms with van der Waals surface area (Å²) in [4.78, 5) is 6.88. The number of nitrogens with zero attached hydrogens (tertiary/aromatic N) is 2. The van der Waals surface area contributed by atoms with E-state index in [1.54, 1.807) is 0 Å². The van der Waals surface area contributed by atoms with Crippen molar-refractivity contribution in [2.75, 3.05) is 33.2 Å².